The summed E-state index contributed by atoms with van der Waals surface area (Å²) in [5, 5.41) is -0.197. The fourth-order valence-corrected chi connectivity index (χ4v) is 2.55. The molecule has 0 bridgehead atoms. The first-order chi connectivity index (χ1) is 9.13. The second-order valence-corrected chi connectivity index (χ2v) is 5.20. The van der Waals surface area contributed by atoms with E-state index in [2.05, 4.69) is 0 Å². The first kappa shape index (κ1) is 13.7. The van der Waals surface area contributed by atoms with Crippen molar-refractivity contribution in [2.75, 3.05) is 0 Å². The van der Waals surface area contributed by atoms with Gasteiger partial charge in [-0.25, -0.2) is 0 Å². The lowest BCUT2D eigenvalue weighted by Crippen LogP contribution is -2.36. The second-order valence-electron chi connectivity index (χ2n) is 4.21. The van der Waals surface area contributed by atoms with Gasteiger partial charge in [-0.3, -0.25) is 14.5 Å². The number of furan rings is 1. The molecule has 1 aromatic rings. The molecular weight excluding hydrogens is 262 g/mol. The van der Waals surface area contributed by atoms with E-state index < -0.39 is 0 Å². The molecule has 1 fully saturated rings. The van der Waals surface area contributed by atoms with E-state index in [0.29, 0.717) is 10.7 Å². The third-order valence-corrected chi connectivity index (χ3v) is 3.81. The summed E-state index contributed by atoms with van der Waals surface area (Å²) in [6.45, 7) is 3.83. The van der Waals surface area contributed by atoms with E-state index in [-0.39, 0.29) is 17.2 Å². The van der Waals surface area contributed by atoms with Gasteiger partial charge in [0.15, 0.2) is 0 Å². The van der Waals surface area contributed by atoms with Crippen molar-refractivity contribution in [2.24, 2.45) is 0 Å². The van der Waals surface area contributed by atoms with Gasteiger partial charge in [-0.2, -0.15) is 0 Å². The number of amides is 2. The SMILES string of the molecule is CC[C@@H](C)N1C(=O)S/C(=C/C=C/c2ccco2)C1=O. The Morgan fingerprint density at radius 3 is 2.89 bits per heavy atom. The largest absolute Gasteiger partial charge is 0.465 e. The zero-order valence-electron chi connectivity index (χ0n) is 10.8. The number of hydrogen-bond donors (Lipinski definition) is 0. The van der Waals surface area contributed by atoms with Crippen LogP contribution in [0.4, 0.5) is 4.79 Å². The summed E-state index contributed by atoms with van der Waals surface area (Å²) in [5.74, 6) is 0.492. The lowest BCUT2D eigenvalue weighted by atomic mass is 10.2. The Morgan fingerprint density at radius 1 is 1.47 bits per heavy atom. The Labute approximate surface area is 116 Å². The van der Waals surface area contributed by atoms with Crippen molar-refractivity contribution in [3.8, 4) is 0 Å². The molecule has 1 atom stereocenters. The Hall–Kier alpha value is -1.75. The van der Waals surface area contributed by atoms with Crippen LogP contribution in [0, 0.1) is 0 Å². The van der Waals surface area contributed by atoms with E-state index in [1.54, 1.807) is 30.6 Å². The average Bonchev–Trinajstić information content (AvgIpc) is 2.98. The van der Waals surface area contributed by atoms with Gasteiger partial charge in [0.1, 0.15) is 5.76 Å². The van der Waals surface area contributed by atoms with Gasteiger partial charge in [-0.1, -0.05) is 13.0 Å². The number of carbonyl (C=O) groups excluding carboxylic acids is 2. The molecule has 0 unspecified atom stereocenters. The maximum Gasteiger partial charge on any atom is 0.293 e. The van der Waals surface area contributed by atoms with Gasteiger partial charge >= 0.3 is 0 Å². The number of thioether (sulfide) groups is 1. The summed E-state index contributed by atoms with van der Waals surface area (Å²) < 4.78 is 5.14. The van der Waals surface area contributed by atoms with E-state index in [1.165, 1.54) is 4.90 Å². The zero-order valence-corrected chi connectivity index (χ0v) is 11.6. The fraction of sp³-hybridized carbons (Fsp3) is 0.286. The Balaban J connectivity index is 2.10. The van der Waals surface area contributed by atoms with Crippen LogP contribution in [0.1, 0.15) is 26.0 Å². The van der Waals surface area contributed by atoms with E-state index >= 15 is 0 Å². The molecule has 1 aliphatic heterocycles. The number of hydrogen-bond acceptors (Lipinski definition) is 4. The summed E-state index contributed by atoms with van der Waals surface area (Å²) in [4.78, 5) is 25.6. The van der Waals surface area contributed by atoms with Gasteiger partial charge in [0.2, 0.25) is 0 Å². The normalized spacial score (nSPS) is 19.9. The van der Waals surface area contributed by atoms with Crippen molar-refractivity contribution in [1.82, 2.24) is 4.90 Å². The molecule has 19 heavy (non-hydrogen) atoms. The fourth-order valence-electron chi connectivity index (χ4n) is 1.67. The van der Waals surface area contributed by atoms with Crippen LogP contribution < -0.4 is 0 Å². The first-order valence-electron chi connectivity index (χ1n) is 6.10. The summed E-state index contributed by atoms with van der Waals surface area (Å²) in [7, 11) is 0. The van der Waals surface area contributed by atoms with Crippen molar-refractivity contribution in [3.63, 3.8) is 0 Å². The molecule has 100 valence electrons. The van der Waals surface area contributed by atoms with Gasteiger partial charge < -0.3 is 4.42 Å². The molecule has 0 saturated carbocycles. The average molecular weight is 277 g/mol. The minimum Gasteiger partial charge on any atom is -0.465 e. The van der Waals surface area contributed by atoms with Gasteiger partial charge in [0.25, 0.3) is 11.1 Å². The molecule has 0 radical (unpaired) electrons. The predicted molar refractivity (Wildman–Crippen MR) is 75.4 cm³/mol. The van der Waals surface area contributed by atoms with Crippen LogP contribution in [0.2, 0.25) is 0 Å². The van der Waals surface area contributed by atoms with E-state index in [9.17, 15) is 9.59 Å². The van der Waals surface area contributed by atoms with E-state index in [4.69, 9.17) is 4.42 Å². The highest BCUT2D eigenvalue weighted by atomic mass is 32.2. The molecule has 4 nitrogen and oxygen atoms in total. The lowest BCUT2D eigenvalue weighted by molar-refractivity contribution is -0.124. The molecule has 0 aliphatic carbocycles. The number of allylic oxidation sites excluding steroid dienone is 2. The van der Waals surface area contributed by atoms with Crippen LogP contribution >= 0.6 is 11.8 Å². The molecule has 2 rings (SSSR count). The third kappa shape index (κ3) is 2.98. The van der Waals surface area contributed by atoms with Crippen LogP contribution in [-0.2, 0) is 4.79 Å². The molecule has 2 heterocycles. The van der Waals surface area contributed by atoms with Crippen molar-refractivity contribution in [2.45, 2.75) is 26.3 Å². The molecule has 5 heteroatoms. The summed E-state index contributed by atoms with van der Waals surface area (Å²) in [6, 6.07) is 3.54. The standard InChI is InChI=1S/C14H15NO3S/c1-3-10(2)15-13(16)12(19-14(15)17)8-4-6-11-7-5-9-18-11/h4-10H,3H2,1-2H3/b6-4+,12-8+/t10-/m1/s1. The molecule has 0 spiro atoms. The van der Waals surface area contributed by atoms with E-state index in [0.717, 1.165) is 18.2 Å². The molecule has 2 amide bonds. The van der Waals surface area contributed by atoms with Crippen LogP contribution in [0.3, 0.4) is 0 Å². The highest BCUT2D eigenvalue weighted by Crippen LogP contribution is 2.32. The zero-order chi connectivity index (χ0) is 13.8. The van der Waals surface area contributed by atoms with Crippen molar-refractivity contribution in [3.05, 3.63) is 41.2 Å². The molecular formula is C14H15NO3S. The third-order valence-electron chi connectivity index (χ3n) is 2.91. The minimum absolute atomic E-state index is 0.0625. The minimum atomic E-state index is -0.214. The van der Waals surface area contributed by atoms with Gasteiger partial charge in [0.05, 0.1) is 11.2 Å². The van der Waals surface area contributed by atoms with Gasteiger partial charge in [-0.15, -0.1) is 0 Å². The summed E-state index contributed by atoms with van der Waals surface area (Å²) >= 11 is 0.979. The maximum atomic E-state index is 12.1. The van der Waals surface area contributed by atoms with Crippen molar-refractivity contribution >= 4 is 29.0 Å². The van der Waals surface area contributed by atoms with E-state index in [1.807, 2.05) is 19.9 Å². The van der Waals surface area contributed by atoms with Crippen LogP contribution in [0.15, 0.2) is 39.9 Å². The predicted octanol–water partition coefficient (Wildman–Crippen LogP) is 3.67. The van der Waals surface area contributed by atoms with Crippen molar-refractivity contribution < 1.29 is 14.0 Å². The Morgan fingerprint density at radius 2 is 2.26 bits per heavy atom. The van der Waals surface area contributed by atoms with Crippen LogP contribution in [-0.4, -0.2) is 22.1 Å². The number of rotatable bonds is 4. The molecule has 0 aromatic carbocycles. The number of imide groups is 1. The Kier molecular flexibility index (Phi) is 4.27. The summed E-state index contributed by atoms with van der Waals surface area (Å²) in [6.07, 6.45) is 7.45. The van der Waals surface area contributed by atoms with Crippen LogP contribution in [0.5, 0.6) is 0 Å². The maximum absolute atomic E-state index is 12.1. The van der Waals surface area contributed by atoms with Crippen LogP contribution in [0.25, 0.3) is 6.08 Å². The first-order valence-corrected chi connectivity index (χ1v) is 6.92. The van der Waals surface area contributed by atoms with Gasteiger partial charge in [-0.05, 0) is 49.4 Å². The molecule has 1 saturated heterocycles. The smallest absolute Gasteiger partial charge is 0.293 e. The monoisotopic (exact) mass is 277 g/mol. The number of carbonyl (C=O) groups is 2. The molecule has 1 aromatic heterocycles. The topological polar surface area (TPSA) is 50.5 Å². The second kappa shape index (κ2) is 5.93. The highest BCUT2D eigenvalue weighted by molar-refractivity contribution is 8.18. The van der Waals surface area contributed by atoms with Crippen molar-refractivity contribution in [1.29, 1.82) is 0 Å². The molecule has 0 N–H and O–H groups in total. The Bertz CT molecular complexity index is 531. The highest BCUT2D eigenvalue weighted by Gasteiger charge is 2.37. The van der Waals surface area contributed by atoms with Gasteiger partial charge in [0, 0.05) is 6.04 Å². The molecule has 1 aliphatic rings. The lowest BCUT2D eigenvalue weighted by Gasteiger charge is -2.19. The number of nitrogens with zero attached hydrogens (tertiary/aromatic N) is 1. The quantitative estimate of drug-likeness (QED) is 0.788. The summed E-state index contributed by atoms with van der Waals surface area (Å²) in [5.41, 5.74) is 0.